The Bertz CT molecular complexity index is 980. The maximum absolute atomic E-state index is 13.6. The van der Waals surface area contributed by atoms with Crippen LogP contribution in [0.15, 0.2) is 24.4 Å². The van der Waals surface area contributed by atoms with E-state index in [1.807, 2.05) is 31.7 Å². The predicted octanol–water partition coefficient (Wildman–Crippen LogP) is 5.04. The number of pyridine rings is 2. The Labute approximate surface area is 166 Å². The van der Waals surface area contributed by atoms with Gasteiger partial charge in [0.05, 0.1) is 29.4 Å². The summed E-state index contributed by atoms with van der Waals surface area (Å²) in [4.78, 5) is 9.72. The predicted molar refractivity (Wildman–Crippen MR) is 113 cm³/mol. The molecule has 3 rings (SSSR count). The zero-order chi connectivity index (χ0) is 20.4. The molecular weight excluding hydrogens is 355 g/mol. The summed E-state index contributed by atoms with van der Waals surface area (Å²) in [7, 11) is 3.47. The van der Waals surface area contributed by atoms with Gasteiger partial charge in [0.2, 0.25) is 0 Å². The van der Waals surface area contributed by atoms with E-state index in [4.69, 9.17) is 14.7 Å². The number of nitrogens with zero attached hydrogens (tertiary/aromatic N) is 3. The average molecular weight is 384 g/mol. The van der Waals surface area contributed by atoms with Crippen LogP contribution in [0, 0.1) is 13.8 Å². The van der Waals surface area contributed by atoms with Gasteiger partial charge >= 0.3 is 0 Å². The number of ether oxygens (including phenoxy) is 1. The second-order valence-corrected chi connectivity index (χ2v) is 7.54. The number of aromatic nitrogens is 3. The van der Waals surface area contributed by atoms with Crippen molar-refractivity contribution in [1.82, 2.24) is 14.5 Å². The number of methoxy groups -OCH3 is 1. The van der Waals surface area contributed by atoms with E-state index < -0.39 is 6.67 Å². The van der Waals surface area contributed by atoms with Crippen LogP contribution in [0.3, 0.4) is 0 Å². The summed E-state index contributed by atoms with van der Waals surface area (Å²) in [5, 5.41) is 3.21. The van der Waals surface area contributed by atoms with E-state index in [-0.39, 0.29) is 6.04 Å². The van der Waals surface area contributed by atoms with Crippen LogP contribution >= 0.6 is 0 Å². The maximum atomic E-state index is 13.6. The largest absolute Gasteiger partial charge is 0.382 e. The topological polar surface area (TPSA) is 52.0 Å². The van der Waals surface area contributed by atoms with Gasteiger partial charge in [-0.15, -0.1) is 0 Å². The zero-order valence-corrected chi connectivity index (χ0v) is 17.5. The van der Waals surface area contributed by atoms with Crippen LogP contribution in [0.5, 0.6) is 0 Å². The van der Waals surface area contributed by atoms with Crippen molar-refractivity contribution in [2.45, 2.75) is 39.7 Å². The number of hydrogen-bond donors (Lipinski definition) is 1. The van der Waals surface area contributed by atoms with Gasteiger partial charge in [0.15, 0.2) is 0 Å². The molecule has 150 valence electrons. The molecule has 0 bridgehead atoms. The Morgan fingerprint density at radius 2 is 1.93 bits per heavy atom. The van der Waals surface area contributed by atoms with Crippen LogP contribution in [-0.4, -0.2) is 42.0 Å². The molecule has 0 aliphatic heterocycles. The van der Waals surface area contributed by atoms with E-state index in [0.29, 0.717) is 12.5 Å². The summed E-state index contributed by atoms with van der Waals surface area (Å²) in [6.07, 6.45) is 1.96. The third-order valence-corrected chi connectivity index (χ3v) is 5.11. The molecule has 0 spiro atoms. The lowest BCUT2D eigenvalue weighted by Crippen LogP contribution is -2.15. The molecule has 0 aromatic carbocycles. The minimum absolute atomic E-state index is 0.324. The SMILES string of the molecule is CNc1nc(C(C)C)ccc1-c1nc2c(C)cn([C@H](CF)COC)c2cc1C. The second-order valence-electron chi connectivity index (χ2n) is 7.54. The first-order valence-electron chi connectivity index (χ1n) is 9.64. The lowest BCUT2D eigenvalue weighted by molar-refractivity contribution is 0.142. The number of anilines is 1. The first-order valence-corrected chi connectivity index (χ1v) is 9.64. The molecule has 0 unspecified atom stereocenters. The highest BCUT2D eigenvalue weighted by atomic mass is 19.1. The van der Waals surface area contributed by atoms with Gasteiger partial charge in [0.1, 0.15) is 12.5 Å². The van der Waals surface area contributed by atoms with Gasteiger partial charge in [-0.1, -0.05) is 13.8 Å². The van der Waals surface area contributed by atoms with Crippen molar-refractivity contribution in [1.29, 1.82) is 0 Å². The monoisotopic (exact) mass is 384 g/mol. The smallest absolute Gasteiger partial charge is 0.135 e. The Hall–Kier alpha value is -2.47. The molecule has 1 N–H and O–H groups in total. The van der Waals surface area contributed by atoms with Gasteiger partial charge in [0.25, 0.3) is 0 Å². The molecule has 0 aliphatic rings. The van der Waals surface area contributed by atoms with Crippen LogP contribution in [0.1, 0.15) is 42.6 Å². The Morgan fingerprint density at radius 1 is 1.18 bits per heavy atom. The molecule has 3 heterocycles. The maximum Gasteiger partial charge on any atom is 0.135 e. The van der Waals surface area contributed by atoms with Crippen molar-refractivity contribution in [2.75, 3.05) is 32.8 Å². The Morgan fingerprint density at radius 3 is 2.54 bits per heavy atom. The van der Waals surface area contributed by atoms with Gasteiger partial charge in [-0.2, -0.15) is 0 Å². The molecule has 1 atom stereocenters. The highest BCUT2D eigenvalue weighted by molar-refractivity contribution is 5.86. The third kappa shape index (κ3) is 3.61. The first kappa shape index (κ1) is 20.3. The Balaban J connectivity index is 2.17. The molecule has 5 nitrogen and oxygen atoms in total. The van der Waals surface area contributed by atoms with Crippen molar-refractivity contribution < 1.29 is 9.13 Å². The van der Waals surface area contributed by atoms with Crippen molar-refractivity contribution in [3.8, 4) is 11.3 Å². The molecule has 0 saturated carbocycles. The fourth-order valence-electron chi connectivity index (χ4n) is 3.57. The molecule has 0 radical (unpaired) electrons. The summed E-state index contributed by atoms with van der Waals surface area (Å²) in [6.45, 7) is 8.14. The molecule has 28 heavy (non-hydrogen) atoms. The van der Waals surface area contributed by atoms with Crippen LogP contribution in [0.25, 0.3) is 22.3 Å². The van der Waals surface area contributed by atoms with Gasteiger partial charge in [-0.3, -0.25) is 0 Å². The van der Waals surface area contributed by atoms with Crippen LogP contribution in [0.4, 0.5) is 10.2 Å². The molecule has 0 amide bonds. The first-order chi connectivity index (χ1) is 13.4. The highest BCUT2D eigenvalue weighted by Gasteiger charge is 2.19. The van der Waals surface area contributed by atoms with E-state index in [0.717, 1.165) is 44.9 Å². The normalized spacial score (nSPS) is 12.7. The van der Waals surface area contributed by atoms with Crippen LogP contribution < -0.4 is 5.32 Å². The molecule has 3 aromatic heterocycles. The van der Waals surface area contributed by atoms with E-state index >= 15 is 0 Å². The standard InChI is InChI=1S/C22H29FN4O/c1-13(2)18-8-7-17(22(24-5)25-18)20-14(3)9-19-21(26-20)15(4)11-27(19)16(10-23)12-28-6/h7-9,11,13,16H,10,12H2,1-6H3,(H,24,25)/t16-/m1/s1. The van der Waals surface area contributed by atoms with Crippen molar-refractivity contribution in [3.05, 3.63) is 41.2 Å². The average Bonchev–Trinajstić information content (AvgIpc) is 3.00. The summed E-state index contributed by atoms with van der Waals surface area (Å²) in [5.74, 6) is 1.17. The quantitative estimate of drug-likeness (QED) is 0.620. The molecule has 3 aromatic rings. The fraction of sp³-hybridized carbons (Fsp3) is 0.455. The third-order valence-electron chi connectivity index (χ3n) is 5.11. The minimum atomic E-state index is -0.484. The number of hydrogen-bond acceptors (Lipinski definition) is 4. The van der Waals surface area contributed by atoms with Gasteiger partial charge in [-0.25, -0.2) is 14.4 Å². The van der Waals surface area contributed by atoms with Gasteiger partial charge in [-0.05, 0) is 49.1 Å². The summed E-state index contributed by atoms with van der Waals surface area (Å²) in [6, 6.07) is 5.87. The van der Waals surface area contributed by atoms with Crippen molar-refractivity contribution in [2.24, 2.45) is 0 Å². The number of halogens is 1. The Kier molecular flexibility index (Phi) is 5.98. The highest BCUT2D eigenvalue weighted by Crippen LogP contribution is 2.33. The number of rotatable bonds is 7. The molecule has 0 fully saturated rings. The molecule has 6 heteroatoms. The summed E-state index contributed by atoms with van der Waals surface area (Å²) >= 11 is 0. The lowest BCUT2D eigenvalue weighted by Gasteiger charge is -2.17. The van der Waals surface area contributed by atoms with E-state index in [9.17, 15) is 4.39 Å². The zero-order valence-electron chi connectivity index (χ0n) is 17.5. The van der Waals surface area contributed by atoms with Gasteiger partial charge < -0.3 is 14.6 Å². The second kappa shape index (κ2) is 8.27. The van der Waals surface area contributed by atoms with Crippen molar-refractivity contribution in [3.63, 3.8) is 0 Å². The fourth-order valence-corrected chi connectivity index (χ4v) is 3.57. The van der Waals surface area contributed by atoms with Gasteiger partial charge in [0, 0.05) is 31.6 Å². The van der Waals surface area contributed by atoms with E-state index in [2.05, 4.69) is 37.4 Å². The molecule has 0 aliphatic carbocycles. The van der Waals surface area contributed by atoms with E-state index in [1.54, 1.807) is 7.11 Å². The number of aryl methyl sites for hydroxylation is 2. The summed E-state index contributed by atoms with van der Waals surface area (Å²) in [5.41, 5.74) is 6.75. The van der Waals surface area contributed by atoms with Crippen molar-refractivity contribution >= 4 is 16.9 Å². The molecular formula is C22H29FN4O. The van der Waals surface area contributed by atoms with Crippen LogP contribution in [0.2, 0.25) is 0 Å². The summed E-state index contributed by atoms with van der Waals surface area (Å²) < 4.78 is 20.7. The minimum Gasteiger partial charge on any atom is -0.382 e. The number of alkyl halides is 1. The van der Waals surface area contributed by atoms with Crippen LogP contribution in [-0.2, 0) is 4.74 Å². The lowest BCUT2D eigenvalue weighted by atomic mass is 10.0. The number of nitrogens with one attached hydrogen (secondary N) is 1. The molecule has 0 saturated heterocycles. The number of fused-ring (bicyclic) bond motifs is 1. The van der Waals surface area contributed by atoms with E-state index in [1.165, 1.54) is 0 Å².